The normalized spacial score (nSPS) is 13.4. The maximum absolute atomic E-state index is 12.0. The van der Waals surface area contributed by atoms with E-state index in [2.05, 4.69) is 35.7 Å². The van der Waals surface area contributed by atoms with Gasteiger partial charge in [0, 0.05) is 0 Å². The van der Waals surface area contributed by atoms with E-state index in [0.717, 1.165) is 11.1 Å². The highest BCUT2D eigenvalue weighted by molar-refractivity contribution is 9.09. The van der Waals surface area contributed by atoms with Crippen molar-refractivity contribution >= 4 is 21.9 Å². The summed E-state index contributed by atoms with van der Waals surface area (Å²) in [5.41, 5.74) is 1.78. The Balaban J connectivity index is 0.00000172. The summed E-state index contributed by atoms with van der Waals surface area (Å²) >= 11 is 3.35. The molecule has 0 N–H and O–H groups in total. The molecule has 0 aromatic heterocycles. The smallest absolute Gasteiger partial charge is 0.324 e. The number of benzene rings is 1. The van der Waals surface area contributed by atoms with Crippen molar-refractivity contribution in [1.82, 2.24) is 0 Å². The van der Waals surface area contributed by atoms with Crippen LogP contribution in [-0.2, 0) is 9.53 Å². The number of esters is 1. The van der Waals surface area contributed by atoms with Crippen molar-refractivity contribution in [3.8, 4) is 0 Å². The van der Waals surface area contributed by atoms with Gasteiger partial charge in [0.15, 0.2) is 0 Å². The highest BCUT2D eigenvalue weighted by atomic mass is 79.9. The summed E-state index contributed by atoms with van der Waals surface area (Å²) in [5, 5.41) is 0. The summed E-state index contributed by atoms with van der Waals surface area (Å²) in [6.45, 7) is 13.4. The lowest BCUT2D eigenvalue weighted by atomic mass is 10.1. The molecule has 0 saturated heterocycles. The molecule has 0 aliphatic carbocycles. The van der Waals surface area contributed by atoms with Gasteiger partial charge in [-0.2, -0.15) is 0 Å². The first-order valence-electron chi connectivity index (χ1n) is 6.28. The van der Waals surface area contributed by atoms with Crippen LogP contribution in [0.15, 0.2) is 67.8 Å². The van der Waals surface area contributed by atoms with Gasteiger partial charge in [0.25, 0.3) is 0 Å². The van der Waals surface area contributed by atoms with Gasteiger partial charge in [-0.1, -0.05) is 65.0 Å². The van der Waals surface area contributed by atoms with Crippen LogP contribution in [0.2, 0.25) is 0 Å². The minimum atomic E-state index is -0.441. The van der Waals surface area contributed by atoms with Crippen LogP contribution in [0, 0.1) is 0 Å². The molecule has 2 nitrogen and oxygen atoms in total. The molecule has 1 aromatic rings. The van der Waals surface area contributed by atoms with Crippen molar-refractivity contribution in [1.29, 1.82) is 0 Å². The number of hydrogen-bond acceptors (Lipinski definition) is 2. The minimum Gasteiger partial charge on any atom is -0.457 e. The molecular weight excluding hydrogens is 316 g/mol. The van der Waals surface area contributed by atoms with Crippen LogP contribution in [0.4, 0.5) is 0 Å². The lowest BCUT2D eigenvalue weighted by molar-refractivity contribution is -0.145. The fourth-order valence-corrected chi connectivity index (χ4v) is 1.99. The minimum absolute atomic E-state index is 0.288. The zero-order valence-corrected chi connectivity index (χ0v) is 13.6. The Morgan fingerprint density at radius 3 is 2.30 bits per heavy atom. The zero-order valence-electron chi connectivity index (χ0n) is 12.0. The number of carbonyl (C=O) groups excluding carboxylic acids is 1. The zero-order chi connectivity index (χ0) is 15.5. The number of rotatable bonds is 5. The average Bonchev–Trinajstić information content (AvgIpc) is 2.50. The third-order valence-corrected chi connectivity index (χ3v) is 3.53. The fraction of sp³-hybridized carbons (Fsp3) is 0.235. The van der Waals surface area contributed by atoms with Gasteiger partial charge in [-0.05, 0) is 25.0 Å². The van der Waals surface area contributed by atoms with Crippen molar-refractivity contribution in [3.05, 3.63) is 73.4 Å². The summed E-state index contributed by atoms with van der Waals surface area (Å²) in [5.74, 6) is -0.296. The molecule has 1 aromatic carbocycles. The largest absolute Gasteiger partial charge is 0.457 e. The quantitative estimate of drug-likeness (QED) is 0.327. The van der Waals surface area contributed by atoms with Crippen LogP contribution < -0.4 is 0 Å². The number of ether oxygens (including phenoxy) is 1. The van der Waals surface area contributed by atoms with Gasteiger partial charge in [-0.3, -0.25) is 4.79 Å². The van der Waals surface area contributed by atoms with Crippen molar-refractivity contribution in [2.75, 3.05) is 0 Å². The van der Waals surface area contributed by atoms with E-state index in [-0.39, 0.29) is 12.1 Å². The van der Waals surface area contributed by atoms with E-state index < -0.39 is 4.83 Å². The van der Waals surface area contributed by atoms with Crippen molar-refractivity contribution in [3.63, 3.8) is 0 Å². The predicted molar refractivity (Wildman–Crippen MR) is 88.9 cm³/mol. The van der Waals surface area contributed by atoms with E-state index in [9.17, 15) is 4.79 Å². The Morgan fingerprint density at radius 2 is 1.85 bits per heavy atom. The Morgan fingerprint density at radius 1 is 1.30 bits per heavy atom. The number of allylic oxidation sites excluding steroid dienone is 1. The van der Waals surface area contributed by atoms with Crippen LogP contribution in [0.3, 0.4) is 0 Å². The fourth-order valence-electron chi connectivity index (χ4n) is 1.58. The van der Waals surface area contributed by atoms with E-state index in [1.54, 1.807) is 6.08 Å². The van der Waals surface area contributed by atoms with Crippen molar-refractivity contribution < 1.29 is 9.53 Å². The molecule has 0 fully saturated rings. The Hall–Kier alpha value is -1.61. The molecule has 0 saturated carbocycles. The lowest BCUT2D eigenvalue weighted by Gasteiger charge is -2.17. The van der Waals surface area contributed by atoms with Crippen molar-refractivity contribution in [2.45, 2.75) is 24.8 Å². The van der Waals surface area contributed by atoms with Gasteiger partial charge >= 0.3 is 5.97 Å². The maximum atomic E-state index is 12.0. The summed E-state index contributed by atoms with van der Waals surface area (Å²) in [4.78, 5) is 11.5. The molecule has 108 valence electrons. The van der Waals surface area contributed by atoms with Crippen LogP contribution >= 0.6 is 15.9 Å². The average molecular weight is 337 g/mol. The van der Waals surface area contributed by atoms with Gasteiger partial charge in [0.2, 0.25) is 0 Å². The molecule has 0 spiro atoms. The number of halogens is 1. The first kappa shape index (κ1) is 18.4. The van der Waals surface area contributed by atoms with Crippen LogP contribution in [0.5, 0.6) is 0 Å². The number of carbonyl (C=O) groups is 1. The van der Waals surface area contributed by atoms with Gasteiger partial charge in [-0.25, -0.2) is 0 Å². The standard InChI is InChI=1S/C15H17BrO2.C2H4/c1-4-12(5-2)11(3)18-15(17)14(16)13-9-7-6-8-10-13;1-2/h4-11,14H,1H2,2-3H3;1-2H2/b12-5+;. The summed E-state index contributed by atoms with van der Waals surface area (Å²) in [6.07, 6.45) is 3.30. The Kier molecular flexibility index (Phi) is 9.39. The van der Waals surface area contributed by atoms with E-state index in [0.29, 0.717) is 0 Å². The van der Waals surface area contributed by atoms with Gasteiger partial charge < -0.3 is 4.74 Å². The second kappa shape index (κ2) is 10.2. The van der Waals surface area contributed by atoms with E-state index >= 15 is 0 Å². The molecule has 20 heavy (non-hydrogen) atoms. The third-order valence-electron chi connectivity index (χ3n) is 2.63. The van der Waals surface area contributed by atoms with Crippen LogP contribution in [0.25, 0.3) is 0 Å². The maximum Gasteiger partial charge on any atom is 0.324 e. The van der Waals surface area contributed by atoms with Gasteiger partial charge in [0.1, 0.15) is 10.9 Å². The van der Waals surface area contributed by atoms with Crippen LogP contribution in [0.1, 0.15) is 24.2 Å². The Labute approximate surface area is 130 Å². The molecule has 0 amide bonds. The van der Waals surface area contributed by atoms with E-state index in [4.69, 9.17) is 4.74 Å². The van der Waals surface area contributed by atoms with E-state index in [1.165, 1.54) is 0 Å². The first-order valence-corrected chi connectivity index (χ1v) is 7.19. The summed E-state index contributed by atoms with van der Waals surface area (Å²) in [6, 6.07) is 9.46. The lowest BCUT2D eigenvalue weighted by Crippen LogP contribution is -2.19. The van der Waals surface area contributed by atoms with Crippen LogP contribution in [-0.4, -0.2) is 12.1 Å². The highest BCUT2D eigenvalue weighted by Gasteiger charge is 2.21. The molecule has 0 aliphatic heterocycles. The highest BCUT2D eigenvalue weighted by Crippen LogP contribution is 2.25. The third kappa shape index (κ3) is 5.57. The van der Waals surface area contributed by atoms with Crippen molar-refractivity contribution in [2.24, 2.45) is 0 Å². The van der Waals surface area contributed by atoms with E-state index in [1.807, 2.05) is 50.3 Å². The molecule has 2 atom stereocenters. The second-order valence-electron chi connectivity index (χ2n) is 3.85. The second-order valence-corrected chi connectivity index (χ2v) is 4.76. The number of hydrogen-bond donors (Lipinski definition) is 0. The monoisotopic (exact) mass is 336 g/mol. The summed E-state index contributed by atoms with van der Waals surface area (Å²) < 4.78 is 5.39. The summed E-state index contributed by atoms with van der Waals surface area (Å²) in [7, 11) is 0. The molecule has 3 heteroatoms. The molecular formula is C17H21BrO2. The molecule has 2 unspecified atom stereocenters. The Bertz CT molecular complexity index is 451. The SMILES string of the molecule is C=C.C=C/C(=C\C)C(C)OC(=O)C(Br)c1ccccc1. The molecule has 1 rings (SSSR count). The molecule has 0 radical (unpaired) electrons. The topological polar surface area (TPSA) is 26.3 Å². The molecule has 0 heterocycles. The first-order chi connectivity index (χ1) is 9.60. The predicted octanol–water partition coefficient (Wildman–Crippen LogP) is 4.99. The van der Waals surface area contributed by atoms with Gasteiger partial charge in [-0.15, -0.1) is 13.2 Å². The molecule has 0 aliphatic rings. The number of alkyl halides is 1. The van der Waals surface area contributed by atoms with Gasteiger partial charge in [0.05, 0.1) is 0 Å². The molecule has 0 bridgehead atoms.